The van der Waals surface area contributed by atoms with Gasteiger partial charge in [0.25, 0.3) is 5.56 Å². The number of carboxylic acid groups (broad SMARTS) is 1. The molecule has 7 heteroatoms. The Balaban J connectivity index is 1.97. The van der Waals surface area contributed by atoms with E-state index in [1.807, 2.05) is 0 Å². The monoisotopic (exact) mass is 288 g/mol. The molecule has 0 saturated carbocycles. The number of nitrogens with one attached hydrogen (secondary N) is 1. The summed E-state index contributed by atoms with van der Waals surface area (Å²) in [7, 11) is 0. The zero-order valence-corrected chi connectivity index (χ0v) is 11.2. The first-order valence-electron chi connectivity index (χ1n) is 6.48. The van der Waals surface area contributed by atoms with Gasteiger partial charge in [0.1, 0.15) is 0 Å². The van der Waals surface area contributed by atoms with Gasteiger partial charge in [0, 0.05) is 31.9 Å². The molecule has 0 atom stereocenters. The smallest absolute Gasteiger partial charge is 0.261 e. The average molecular weight is 288 g/mol. The maximum absolute atomic E-state index is 12.1. The Hall–Kier alpha value is -2.70. The van der Waals surface area contributed by atoms with E-state index in [4.69, 9.17) is 0 Å². The minimum absolute atomic E-state index is 0.0199. The number of carbonyl (C=O) groups excluding carboxylic acids is 2. The molecule has 1 heterocycles. The highest BCUT2D eigenvalue weighted by Gasteiger charge is 2.06. The number of aliphatic carboxylic acids is 1. The summed E-state index contributed by atoms with van der Waals surface area (Å²) >= 11 is 0. The molecule has 110 valence electrons. The minimum Gasteiger partial charge on any atom is -0.550 e. The number of hydrogen-bond acceptors (Lipinski definition) is 5. The van der Waals surface area contributed by atoms with Crippen LogP contribution in [0.5, 0.6) is 0 Å². The number of carbonyl (C=O) groups is 2. The third-order valence-corrected chi connectivity index (χ3v) is 2.96. The highest BCUT2D eigenvalue weighted by atomic mass is 16.4. The van der Waals surface area contributed by atoms with E-state index in [-0.39, 0.29) is 37.4 Å². The molecule has 2 aromatic rings. The van der Waals surface area contributed by atoms with Gasteiger partial charge >= 0.3 is 0 Å². The summed E-state index contributed by atoms with van der Waals surface area (Å²) in [6.07, 6.45) is 1.25. The van der Waals surface area contributed by atoms with Gasteiger partial charge in [-0.05, 0) is 12.1 Å². The Kier molecular flexibility index (Phi) is 4.65. The van der Waals surface area contributed by atoms with E-state index in [0.717, 1.165) is 0 Å². The van der Waals surface area contributed by atoms with Crippen molar-refractivity contribution in [2.24, 2.45) is 0 Å². The molecule has 0 fully saturated rings. The van der Waals surface area contributed by atoms with Gasteiger partial charge in [-0.3, -0.25) is 14.2 Å². The quantitative estimate of drug-likeness (QED) is 0.737. The molecule has 0 aliphatic carbocycles. The van der Waals surface area contributed by atoms with Gasteiger partial charge in [-0.1, -0.05) is 12.1 Å². The Bertz CT molecular complexity index is 723. The molecule has 0 saturated heterocycles. The van der Waals surface area contributed by atoms with Gasteiger partial charge < -0.3 is 15.2 Å². The number of nitrogens with zero attached hydrogens (tertiary/aromatic N) is 2. The normalized spacial score (nSPS) is 10.5. The topological polar surface area (TPSA) is 104 Å². The van der Waals surface area contributed by atoms with E-state index in [0.29, 0.717) is 10.9 Å². The third kappa shape index (κ3) is 3.88. The number of amides is 1. The molecular weight excluding hydrogens is 274 g/mol. The van der Waals surface area contributed by atoms with Crippen molar-refractivity contribution in [3.63, 3.8) is 0 Å². The number of benzene rings is 1. The van der Waals surface area contributed by atoms with E-state index in [2.05, 4.69) is 10.3 Å². The van der Waals surface area contributed by atoms with Crippen LogP contribution in [0.1, 0.15) is 12.8 Å². The SMILES string of the molecule is O=C([O-])CCNC(=O)CCn1cnc2ccccc2c1=O. The van der Waals surface area contributed by atoms with Gasteiger partial charge in [-0.2, -0.15) is 0 Å². The van der Waals surface area contributed by atoms with Crippen molar-refractivity contribution < 1.29 is 14.7 Å². The van der Waals surface area contributed by atoms with Crippen molar-refractivity contribution in [3.8, 4) is 0 Å². The summed E-state index contributed by atoms with van der Waals surface area (Å²) in [5.41, 5.74) is 0.403. The first-order valence-corrected chi connectivity index (χ1v) is 6.48. The molecule has 0 radical (unpaired) electrons. The van der Waals surface area contributed by atoms with E-state index in [1.165, 1.54) is 10.9 Å². The summed E-state index contributed by atoms with van der Waals surface area (Å²) in [5.74, 6) is -1.54. The van der Waals surface area contributed by atoms with E-state index >= 15 is 0 Å². The molecule has 1 amide bonds. The molecule has 7 nitrogen and oxygen atoms in total. The summed E-state index contributed by atoms with van der Waals surface area (Å²) in [6, 6.07) is 6.97. The van der Waals surface area contributed by atoms with Crippen LogP contribution in [-0.4, -0.2) is 28.0 Å². The fraction of sp³-hybridized carbons (Fsp3) is 0.286. The fourth-order valence-corrected chi connectivity index (χ4v) is 1.88. The lowest BCUT2D eigenvalue weighted by atomic mass is 10.2. The van der Waals surface area contributed by atoms with Gasteiger partial charge in [-0.15, -0.1) is 0 Å². The molecule has 1 aromatic heterocycles. The molecule has 1 N–H and O–H groups in total. The highest BCUT2D eigenvalue weighted by Crippen LogP contribution is 2.04. The molecule has 0 aliphatic heterocycles. The van der Waals surface area contributed by atoms with Crippen molar-refractivity contribution >= 4 is 22.8 Å². The predicted molar refractivity (Wildman–Crippen MR) is 73.3 cm³/mol. The van der Waals surface area contributed by atoms with Crippen LogP contribution in [0.2, 0.25) is 0 Å². The van der Waals surface area contributed by atoms with Crippen LogP contribution in [0.3, 0.4) is 0 Å². The first kappa shape index (κ1) is 14.7. The lowest BCUT2D eigenvalue weighted by Crippen LogP contribution is -2.32. The lowest BCUT2D eigenvalue weighted by molar-refractivity contribution is -0.305. The third-order valence-electron chi connectivity index (χ3n) is 2.96. The maximum Gasteiger partial charge on any atom is 0.261 e. The van der Waals surface area contributed by atoms with Crippen LogP contribution < -0.4 is 16.0 Å². The maximum atomic E-state index is 12.1. The molecule has 0 spiro atoms. The predicted octanol–water partition coefficient (Wildman–Crippen LogP) is -0.957. The number of carboxylic acids is 1. The van der Waals surface area contributed by atoms with E-state index < -0.39 is 5.97 Å². The number of aromatic nitrogens is 2. The second kappa shape index (κ2) is 6.65. The minimum atomic E-state index is -1.22. The largest absolute Gasteiger partial charge is 0.550 e. The number of hydrogen-bond donors (Lipinski definition) is 1. The van der Waals surface area contributed by atoms with Crippen molar-refractivity contribution in [2.45, 2.75) is 19.4 Å². The fourth-order valence-electron chi connectivity index (χ4n) is 1.88. The molecular formula is C14H14N3O4-. The number of fused-ring (bicyclic) bond motifs is 1. The Morgan fingerprint density at radius 1 is 1.24 bits per heavy atom. The summed E-state index contributed by atoms with van der Waals surface area (Å²) in [4.78, 5) is 38.0. The van der Waals surface area contributed by atoms with Crippen LogP contribution in [0.15, 0.2) is 35.4 Å². The Morgan fingerprint density at radius 2 is 2.00 bits per heavy atom. The molecule has 1 aromatic carbocycles. The van der Waals surface area contributed by atoms with Crippen molar-refractivity contribution in [1.82, 2.24) is 14.9 Å². The number of aryl methyl sites for hydroxylation is 1. The van der Waals surface area contributed by atoms with E-state index in [9.17, 15) is 19.5 Å². The van der Waals surface area contributed by atoms with Crippen LogP contribution >= 0.6 is 0 Å². The zero-order valence-electron chi connectivity index (χ0n) is 11.2. The van der Waals surface area contributed by atoms with Gasteiger partial charge in [0.05, 0.1) is 17.2 Å². The summed E-state index contributed by atoms with van der Waals surface area (Å²) in [6.45, 7) is 0.208. The lowest BCUT2D eigenvalue weighted by Gasteiger charge is -2.08. The first-order chi connectivity index (χ1) is 10.1. The van der Waals surface area contributed by atoms with Crippen LogP contribution in [0.25, 0.3) is 10.9 Å². The number of rotatable bonds is 6. The molecule has 0 unspecified atom stereocenters. The summed E-state index contributed by atoms with van der Waals surface area (Å²) < 4.78 is 1.36. The van der Waals surface area contributed by atoms with Crippen molar-refractivity contribution in [1.29, 1.82) is 0 Å². The summed E-state index contributed by atoms with van der Waals surface area (Å²) in [5, 5.41) is 13.2. The Labute approximate surface area is 120 Å². The van der Waals surface area contributed by atoms with Crippen molar-refractivity contribution in [2.75, 3.05) is 6.54 Å². The van der Waals surface area contributed by atoms with Crippen LogP contribution in [0, 0.1) is 0 Å². The average Bonchev–Trinajstić information content (AvgIpc) is 2.46. The zero-order chi connectivity index (χ0) is 15.2. The highest BCUT2D eigenvalue weighted by molar-refractivity contribution is 5.77. The second-order valence-corrected chi connectivity index (χ2v) is 4.48. The van der Waals surface area contributed by atoms with Gasteiger partial charge in [-0.25, -0.2) is 4.98 Å². The van der Waals surface area contributed by atoms with E-state index in [1.54, 1.807) is 24.3 Å². The second-order valence-electron chi connectivity index (χ2n) is 4.48. The molecule has 0 aliphatic rings. The molecule has 2 rings (SSSR count). The molecule has 21 heavy (non-hydrogen) atoms. The van der Waals surface area contributed by atoms with Gasteiger partial charge in [0.15, 0.2) is 0 Å². The Morgan fingerprint density at radius 3 is 2.76 bits per heavy atom. The molecule has 0 bridgehead atoms. The number of para-hydroxylation sites is 1. The van der Waals surface area contributed by atoms with Gasteiger partial charge in [0.2, 0.25) is 5.91 Å². The standard InChI is InChI=1S/C14H15N3O4/c18-12(15-7-5-13(19)20)6-8-17-9-16-11-4-2-1-3-10(11)14(17)21/h1-4,9H,5-8H2,(H,15,18)(H,19,20)/p-1. The van der Waals surface area contributed by atoms with Crippen molar-refractivity contribution in [3.05, 3.63) is 40.9 Å². The van der Waals surface area contributed by atoms with Crippen LogP contribution in [-0.2, 0) is 16.1 Å². The van der Waals surface area contributed by atoms with Crippen LogP contribution in [0.4, 0.5) is 0 Å².